The number of likely N-dealkylation sites (tertiary alicyclic amines) is 1. The molecule has 2 bridgehead atoms. The first-order valence-electron chi connectivity index (χ1n) is 24.8. The maximum Gasteiger partial charge on any atom is 0.319 e. The summed E-state index contributed by atoms with van der Waals surface area (Å²) in [5.74, 6) is 4.09. The Hall–Kier alpha value is -6.41. The van der Waals surface area contributed by atoms with Crippen LogP contribution in [0.5, 0.6) is 11.8 Å². The summed E-state index contributed by atoms with van der Waals surface area (Å²) >= 11 is 0. The third-order valence-corrected chi connectivity index (χ3v) is 16.7. The van der Waals surface area contributed by atoms with Crippen LogP contribution in [0.4, 0.5) is 15.9 Å². The zero-order valence-electron chi connectivity index (χ0n) is 38.5. The first-order chi connectivity index (χ1) is 33.6. The van der Waals surface area contributed by atoms with Gasteiger partial charge < -0.3 is 34.8 Å². The van der Waals surface area contributed by atoms with E-state index < -0.39 is 11.9 Å². The lowest BCUT2D eigenvalue weighted by molar-refractivity contribution is -0.136. The molecule has 5 saturated heterocycles. The van der Waals surface area contributed by atoms with Crippen LogP contribution in [0.3, 0.4) is 0 Å². The number of piperidine rings is 2. The molecule has 3 aromatic carbocycles. The van der Waals surface area contributed by atoms with Crippen molar-refractivity contribution in [2.45, 2.75) is 63.2 Å². The van der Waals surface area contributed by atoms with Crippen LogP contribution in [0, 0.1) is 41.3 Å². The molecule has 8 heterocycles. The fraction of sp³-hybridized carbons (Fsp3) is 0.472. The zero-order valence-corrected chi connectivity index (χ0v) is 38.5. The highest BCUT2D eigenvalue weighted by molar-refractivity contribution is 6.06. The number of halogens is 1. The number of carbonyl (C=O) groups is 3. The first kappa shape index (κ1) is 42.7. The number of hydrogen-bond acceptors (Lipinski definition) is 13. The number of aromatic hydroxyl groups is 1. The third-order valence-electron chi connectivity index (χ3n) is 16.7. The van der Waals surface area contributed by atoms with Crippen LogP contribution in [-0.4, -0.2) is 143 Å². The van der Waals surface area contributed by atoms with Gasteiger partial charge >= 0.3 is 6.01 Å². The Morgan fingerprint density at radius 2 is 1.70 bits per heavy atom. The van der Waals surface area contributed by atoms with Crippen molar-refractivity contribution in [2.75, 3.05) is 81.9 Å². The minimum atomic E-state index is -0.608. The van der Waals surface area contributed by atoms with E-state index in [9.17, 15) is 19.5 Å². The molecule has 5 aromatic rings. The molecule has 13 rings (SSSR count). The van der Waals surface area contributed by atoms with E-state index in [1.165, 1.54) is 6.07 Å². The molecule has 8 aliphatic rings. The van der Waals surface area contributed by atoms with Gasteiger partial charge in [0.2, 0.25) is 11.8 Å². The molecule has 354 valence electrons. The van der Waals surface area contributed by atoms with E-state index in [0.717, 1.165) is 108 Å². The summed E-state index contributed by atoms with van der Waals surface area (Å²) in [6.45, 7) is 10.5. The topological polar surface area (TPSA) is 160 Å². The van der Waals surface area contributed by atoms with Crippen LogP contribution in [0.1, 0.15) is 60.0 Å². The lowest BCUT2D eigenvalue weighted by Gasteiger charge is -2.37. The molecule has 15 nitrogen and oxygen atoms in total. The molecule has 2 saturated carbocycles. The van der Waals surface area contributed by atoms with Gasteiger partial charge in [0.1, 0.15) is 28.8 Å². The van der Waals surface area contributed by atoms with E-state index in [4.69, 9.17) is 21.1 Å². The molecular weight excluding hydrogens is 876 g/mol. The highest BCUT2D eigenvalue weighted by atomic mass is 19.1. The van der Waals surface area contributed by atoms with E-state index >= 15 is 4.39 Å². The van der Waals surface area contributed by atoms with Crippen molar-refractivity contribution < 1.29 is 28.6 Å². The predicted octanol–water partition coefficient (Wildman–Crippen LogP) is 4.53. The number of aromatic nitrogens is 3. The SMILES string of the molecule is C#Cc1cccc2cc(O)cc(-c3ncc4c(N5CC6CCC(C5)N6)nc(OCC5(CN6C[C@@H]7[C@@H](CN8CCN(c9ccc%10c(c9)CN([C@H]9CCC(=O)NC9=O)C%10=O)CC8)[C@@H]7C6)CC5)nc4c3F)c12. The smallest absolute Gasteiger partial charge is 0.319 e. The average Bonchev–Trinajstić information content (AvgIpc) is 4.08. The molecule has 0 spiro atoms. The molecule has 7 fully saturated rings. The van der Waals surface area contributed by atoms with Crippen LogP contribution < -0.4 is 25.2 Å². The number of amides is 3. The molecule has 0 radical (unpaired) electrons. The Kier molecular flexibility index (Phi) is 10.1. The second-order valence-electron chi connectivity index (χ2n) is 21.1. The minimum absolute atomic E-state index is 0.00937. The van der Waals surface area contributed by atoms with Crippen molar-refractivity contribution in [3.63, 3.8) is 0 Å². The number of ether oxygens (including phenoxy) is 1. The van der Waals surface area contributed by atoms with E-state index in [-0.39, 0.29) is 52.5 Å². The number of rotatable bonds is 11. The standard InChI is InChI=1S/C53H55FN10O5/c1-2-30-4-3-5-31-19-36(65)20-38(45(30)31)47-46(54)48-39(21-55-47)49(63-23-33-6-7-34(24-63)56-33)59-52(58-48)69-29-53(12-13-53)28-61-26-41-40(42(41)27-61)25-60-14-16-62(17-15-60)35-8-9-37-32(18-35)22-64(51(37)68)43-10-11-44(66)57-50(43)67/h1,3-5,8-9,18-21,33-34,40-43,56,65H,6-7,10-17,22-29H2,(H,57,66,67)/t33?,34?,40-,41-,42+,43-/m0/s1. The summed E-state index contributed by atoms with van der Waals surface area (Å²) in [4.78, 5) is 63.4. The van der Waals surface area contributed by atoms with Gasteiger partial charge in [-0.2, -0.15) is 9.97 Å². The van der Waals surface area contributed by atoms with Crippen molar-refractivity contribution in [2.24, 2.45) is 23.2 Å². The van der Waals surface area contributed by atoms with Crippen LogP contribution in [0.15, 0.2) is 54.7 Å². The summed E-state index contributed by atoms with van der Waals surface area (Å²) in [6.07, 6.45) is 12.5. The highest BCUT2D eigenvalue weighted by Crippen LogP contribution is 2.55. The Morgan fingerprint density at radius 3 is 2.45 bits per heavy atom. The molecule has 2 aromatic heterocycles. The number of phenols is 1. The molecular formula is C53H55FN10O5. The Balaban J connectivity index is 0.647. The number of piperazine rings is 2. The van der Waals surface area contributed by atoms with Crippen molar-refractivity contribution in [1.82, 2.24) is 40.3 Å². The van der Waals surface area contributed by atoms with Gasteiger partial charge in [-0.1, -0.05) is 18.1 Å². The molecule has 6 atom stereocenters. The van der Waals surface area contributed by atoms with Gasteiger partial charge in [0.05, 0.1) is 12.0 Å². The summed E-state index contributed by atoms with van der Waals surface area (Å²) in [6, 6.07) is 14.9. The van der Waals surface area contributed by atoms with E-state index in [1.54, 1.807) is 23.2 Å². The van der Waals surface area contributed by atoms with Crippen LogP contribution in [0.2, 0.25) is 0 Å². The second kappa shape index (κ2) is 16.4. The summed E-state index contributed by atoms with van der Waals surface area (Å²) in [7, 11) is 0. The number of nitrogens with one attached hydrogen (secondary N) is 2. The maximum atomic E-state index is 17.1. The number of nitrogens with zero attached hydrogens (tertiary/aromatic N) is 8. The Labute approximate surface area is 399 Å². The quantitative estimate of drug-likeness (QED) is 0.126. The molecule has 2 aliphatic carbocycles. The first-order valence-corrected chi connectivity index (χ1v) is 24.8. The van der Waals surface area contributed by atoms with E-state index in [0.29, 0.717) is 82.2 Å². The second-order valence-corrected chi connectivity index (χ2v) is 21.1. The summed E-state index contributed by atoms with van der Waals surface area (Å²) in [5, 5.41) is 18.7. The summed E-state index contributed by atoms with van der Waals surface area (Å²) in [5.41, 5.74) is 3.90. The van der Waals surface area contributed by atoms with Gasteiger partial charge in [0, 0.05) is 130 Å². The number of hydrogen-bond donors (Lipinski definition) is 3. The molecule has 69 heavy (non-hydrogen) atoms. The van der Waals surface area contributed by atoms with Gasteiger partial charge in [-0.25, -0.2) is 4.39 Å². The number of pyridine rings is 1. The highest BCUT2D eigenvalue weighted by Gasteiger charge is 2.57. The van der Waals surface area contributed by atoms with Gasteiger partial charge in [-0.05, 0) is 97.2 Å². The fourth-order valence-corrected chi connectivity index (χ4v) is 12.8. The number of benzene rings is 3. The normalized spacial score (nSPS) is 27.2. The van der Waals surface area contributed by atoms with Crippen LogP contribution in [0.25, 0.3) is 32.9 Å². The Morgan fingerprint density at radius 1 is 0.899 bits per heavy atom. The fourth-order valence-electron chi connectivity index (χ4n) is 12.8. The minimum Gasteiger partial charge on any atom is -0.508 e. The lowest BCUT2D eigenvalue weighted by Crippen LogP contribution is -2.52. The molecule has 3 amide bonds. The van der Waals surface area contributed by atoms with E-state index in [1.807, 2.05) is 24.3 Å². The predicted molar refractivity (Wildman–Crippen MR) is 257 cm³/mol. The number of anilines is 2. The van der Waals surface area contributed by atoms with Crippen molar-refractivity contribution in [3.8, 4) is 35.4 Å². The number of fused-ring (bicyclic) bond motifs is 6. The zero-order chi connectivity index (χ0) is 46.7. The van der Waals surface area contributed by atoms with Crippen molar-refractivity contribution in [3.05, 3.63) is 77.2 Å². The van der Waals surface area contributed by atoms with Crippen molar-refractivity contribution in [1.29, 1.82) is 0 Å². The van der Waals surface area contributed by atoms with Crippen molar-refractivity contribution >= 4 is 50.9 Å². The van der Waals surface area contributed by atoms with Crippen LogP contribution >= 0.6 is 0 Å². The summed E-state index contributed by atoms with van der Waals surface area (Å²) < 4.78 is 23.7. The monoisotopic (exact) mass is 930 g/mol. The number of phenolic OH excluding ortho intramolecular Hbond substituents is 1. The third kappa shape index (κ3) is 7.60. The average molecular weight is 931 g/mol. The number of terminal acetylenes is 1. The maximum absolute atomic E-state index is 17.1. The molecule has 2 unspecified atom stereocenters. The largest absolute Gasteiger partial charge is 0.508 e. The molecule has 3 N–H and O–H groups in total. The van der Waals surface area contributed by atoms with Gasteiger partial charge in [0.25, 0.3) is 5.91 Å². The Bertz CT molecular complexity index is 3000. The van der Waals surface area contributed by atoms with Gasteiger partial charge in [-0.15, -0.1) is 6.42 Å². The van der Waals surface area contributed by atoms with E-state index in [2.05, 4.69) is 47.2 Å². The van der Waals surface area contributed by atoms with Gasteiger partial charge in [-0.3, -0.25) is 29.6 Å². The molecule has 16 heteroatoms. The van der Waals surface area contributed by atoms with Gasteiger partial charge in [0.15, 0.2) is 5.82 Å². The lowest BCUT2D eigenvalue weighted by atomic mass is 9.96. The molecule has 6 aliphatic heterocycles. The number of carbonyl (C=O) groups excluding carboxylic acids is 3. The number of imide groups is 1. The van der Waals surface area contributed by atoms with Crippen LogP contribution in [-0.2, 0) is 16.1 Å².